The Balaban J connectivity index is 4.46. The molecule has 10 heteroatoms. The van der Waals surface area contributed by atoms with Gasteiger partial charge in [-0.25, -0.2) is 9.36 Å². The zero-order valence-corrected chi connectivity index (χ0v) is 36.3. The molecule has 0 heterocycles. The zero-order valence-electron chi connectivity index (χ0n) is 35.5. The van der Waals surface area contributed by atoms with E-state index in [-0.39, 0.29) is 19.6 Å². The lowest BCUT2D eigenvalue weighted by Gasteiger charge is -2.24. The largest absolute Gasteiger partial charge is 0.472 e. The number of phosphoric ester groups is 1. The number of quaternary nitrogens is 1. The summed E-state index contributed by atoms with van der Waals surface area (Å²) in [7, 11) is 1.43. The van der Waals surface area contributed by atoms with Crippen molar-refractivity contribution in [1.29, 1.82) is 0 Å². The maximum absolute atomic E-state index is 12.7. The van der Waals surface area contributed by atoms with Crippen molar-refractivity contribution >= 4 is 19.8 Å². The molecule has 0 saturated carbocycles. The number of hydrogen-bond acceptors (Lipinski definition) is 7. The van der Waals surface area contributed by atoms with E-state index >= 15 is 0 Å². The van der Waals surface area contributed by atoms with Gasteiger partial charge in [0.1, 0.15) is 19.8 Å². The minimum atomic E-state index is -4.39. The lowest BCUT2D eigenvalue weighted by molar-refractivity contribution is -0.870. The molecule has 0 saturated heterocycles. The molecule has 0 radical (unpaired) electrons. The van der Waals surface area contributed by atoms with Crippen LogP contribution in [0.15, 0.2) is 36.5 Å². The Morgan fingerprint density at radius 1 is 0.611 bits per heavy atom. The molecule has 0 fully saturated rings. The molecule has 0 aliphatic heterocycles. The second kappa shape index (κ2) is 36.8. The van der Waals surface area contributed by atoms with Gasteiger partial charge in [0.25, 0.3) is 0 Å². The molecule has 1 N–H and O–H groups in total. The van der Waals surface area contributed by atoms with Gasteiger partial charge in [0.05, 0.1) is 27.7 Å². The predicted octanol–water partition coefficient (Wildman–Crippen LogP) is 12.1. The fourth-order valence-electron chi connectivity index (χ4n) is 5.79. The molecule has 0 aliphatic rings. The number of unbranched alkanes of at least 4 members (excludes halogenated alkanes) is 22. The van der Waals surface area contributed by atoms with E-state index in [0.717, 1.165) is 32.1 Å². The van der Waals surface area contributed by atoms with Gasteiger partial charge in [0.15, 0.2) is 6.10 Å². The average molecular weight is 785 g/mol. The van der Waals surface area contributed by atoms with Crippen molar-refractivity contribution in [2.45, 2.75) is 187 Å². The van der Waals surface area contributed by atoms with E-state index < -0.39 is 32.5 Å². The molecule has 1 unspecified atom stereocenters. The molecular formula is C44H83NO8P+. The van der Waals surface area contributed by atoms with Crippen LogP contribution in [-0.4, -0.2) is 74.9 Å². The predicted molar refractivity (Wildman–Crippen MR) is 224 cm³/mol. The fourth-order valence-corrected chi connectivity index (χ4v) is 6.53. The summed E-state index contributed by atoms with van der Waals surface area (Å²) in [6, 6.07) is 0. The molecule has 0 aromatic rings. The molecule has 0 bridgehead atoms. The number of esters is 2. The van der Waals surface area contributed by atoms with Crippen LogP contribution in [0.3, 0.4) is 0 Å². The van der Waals surface area contributed by atoms with Crippen LogP contribution in [0.4, 0.5) is 0 Å². The molecule has 2 atom stereocenters. The van der Waals surface area contributed by atoms with E-state index in [1.165, 1.54) is 128 Å². The molecule has 0 spiro atoms. The van der Waals surface area contributed by atoms with E-state index in [2.05, 4.69) is 26.0 Å². The number of carbonyl (C=O) groups excluding carboxylic acids is 2. The van der Waals surface area contributed by atoms with Crippen LogP contribution >= 0.6 is 7.82 Å². The van der Waals surface area contributed by atoms with Gasteiger partial charge >= 0.3 is 19.8 Å². The number of nitrogens with zero attached hydrogens (tertiary/aromatic N) is 1. The molecule has 0 aliphatic carbocycles. The van der Waals surface area contributed by atoms with Gasteiger partial charge in [-0.15, -0.1) is 0 Å². The number of carbonyl (C=O) groups is 2. The number of allylic oxidation sites excluding steroid dienone is 5. The Labute approximate surface area is 331 Å². The van der Waals surface area contributed by atoms with Gasteiger partial charge in [-0.1, -0.05) is 166 Å². The minimum Gasteiger partial charge on any atom is -0.458 e. The number of phosphoric acid groups is 1. The van der Waals surface area contributed by atoms with Crippen molar-refractivity contribution in [2.75, 3.05) is 47.5 Å². The summed E-state index contributed by atoms with van der Waals surface area (Å²) in [5.74, 6) is -1.05. The maximum atomic E-state index is 12.7. The van der Waals surface area contributed by atoms with Crippen LogP contribution in [0, 0.1) is 0 Å². The lowest BCUT2D eigenvalue weighted by Crippen LogP contribution is -2.37. The molecule has 0 aromatic carbocycles. The molecule has 0 amide bonds. The van der Waals surface area contributed by atoms with Crippen molar-refractivity contribution in [3.8, 4) is 0 Å². The molecule has 316 valence electrons. The SMILES string of the molecule is CCCC/C=C/CCCCCCCCCCCC(=O)O[C@H](COC(=O)/C=C/C=C/CCCCCCCCCCCCC)COP(=O)(O)OCC[N+](C)(C)C. The van der Waals surface area contributed by atoms with E-state index in [4.69, 9.17) is 18.5 Å². The summed E-state index contributed by atoms with van der Waals surface area (Å²) < 4.78 is 34.1. The Hall–Kier alpha value is -1.77. The third kappa shape index (κ3) is 39.9. The van der Waals surface area contributed by atoms with E-state index in [1.54, 1.807) is 6.08 Å². The Morgan fingerprint density at radius 3 is 1.63 bits per heavy atom. The van der Waals surface area contributed by atoms with Gasteiger partial charge in [0.2, 0.25) is 0 Å². The second-order valence-electron chi connectivity index (χ2n) is 15.8. The Kier molecular flexibility index (Phi) is 35.6. The smallest absolute Gasteiger partial charge is 0.458 e. The number of hydrogen-bond donors (Lipinski definition) is 1. The summed E-state index contributed by atoms with van der Waals surface area (Å²) >= 11 is 0. The van der Waals surface area contributed by atoms with Crippen LogP contribution in [-0.2, 0) is 32.7 Å². The molecule has 0 rings (SSSR count). The highest BCUT2D eigenvalue weighted by atomic mass is 31.2. The summed E-state index contributed by atoms with van der Waals surface area (Å²) in [6.45, 7) is 4.26. The van der Waals surface area contributed by atoms with Crippen molar-refractivity contribution in [2.24, 2.45) is 0 Å². The summed E-state index contributed by atoms with van der Waals surface area (Å²) in [4.78, 5) is 35.2. The van der Waals surface area contributed by atoms with Crippen LogP contribution in [0.1, 0.15) is 181 Å². The molecular weight excluding hydrogens is 701 g/mol. The first-order valence-corrected chi connectivity index (χ1v) is 23.3. The van der Waals surface area contributed by atoms with E-state index in [9.17, 15) is 19.0 Å². The van der Waals surface area contributed by atoms with Crippen LogP contribution in [0.25, 0.3) is 0 Å². The number of ether oxygens (including phenoxy) is 2. The standard InChI is InChI=1S/C44H82NO8P/c1-6-8-10-12-14-16-18-20-22-24-26-28-30-32-34-36-43(46)50-40-42(41-52-54(48,49)51-39-38-45(3,4)5)53-44(47)37-35-33-31-29-27-25-23-21-19-17-15-13-11-9-7-2/h13,15,30,32,34,36,42H,6-12,14,16-29,31,33,35,37-41H2,1-5H3/p+1/b15-13+,32-30+,36-34+/t42-/m1/s1. The normalized spacial score (nSPS) is 14.0. The lowest BCUT2D eigenvalue weighted by atomic mass is 10.1. The highest BCUT2D eigenvalue weighted by Crippen LogP contribution is 2.43. The molecule has 54 heavy (non-hydrogen) atoms. The summed E-state index contributed by atoms with van der Waals surface area (Å²) in [6.07, 6.45) is 41.1. The third-order valence-corrected chi connectivity index (χ3v) is 10.2. The van der Waals surface area contributed by atoms with Crippen molar-refractivity contribution in [3.63, 3.8) is 0 Å². The van der Waals surface area contributed by atoms with Gasteiger partial charge in [-0.05, 0) is 38.5 Å². The van der Waals surface area contributed by atoms with Gasteiger partial charge < -0.3 is 18.9 Å². The summed E-state index contributed by atoms with van der Waals surface area (Å²) in [5, 5.41) is 0. The van der Waals surface area contributed by atoms with E-state index in [0.29, 0.717) is 17.4 Å². The number of rotatable bonds is 39. The van der Waals surface area contributed by atoms with Crippen LogP contribution < -0.4 is 0 Å². The van der Waals surface area contributed by atoms with Crippen molar-refractivity contribution in [1.82, 2.24) is 0 Å². The average Bonchev–Trinajstić information content (AvgIpc) is 3.12. The quantitative estimate of drug-likeness (QED) is 0.0125. The highest BCUT2D eigenvalue weighted by Gasteiger charge is 2.26. The monoisotopic (exact) mass is 785 g/mol. The van der Waals surface area contributed by atoms with Gasteiger partial charge in [-0.2, -0.15) is 0 Å². The van der Waals surface area contributed by atoms with Crippen molar-refractivity contribution < 1.29 is 42.1 Å². The first-order chi connectivity index (χ1) is 26.0. The van der Waals surface area contributed by atoms with Crippen molar-refractivity contribution in [3.05, 3.63) is 36.5 Å². The maximum Gasteiger partial charge on any atom is 0.472 e. The second-order valence-corrected chi connectivity index (χ2v) is 17.3. The van der Waals surface area contributed by atoms with E-state index in [1.807, 2.05) is 33.3 Å². The molecule has 9 nitrogen and oxygen atoms in total. The summed E-state index contributed by atoms with van der Waals surface area (Å²) in [5.41, 5.74) is 0. The highest BCUT2D eigenvalue weighted by molar-refractivity contribution is 7.47. The fraction of sp³-hybridized carbons (Fsp3) is 0.818. The topological polar surface area (TPSA) is 108 Å². The zero-order chi connectivity index (χ0) is 40.0. The first kappa shape index (κ1) is 52.2. The number of likely N-dealkylation sites (N-methyl/N-ethyl adjacent to an activating group) is 1. The Bertz CT molecular complexity index is 1020. The Morgan fingerprint density at radius 2 is 1.09 bits per heavy atom. The minimum absolute atomic E-state index is 0.0189. The van der Waals surface area contributed by atoms with Gasteiger partial charge in [0, 0.05) is 12.5 Å². The van der Waals surface area contributed by atoms with Crippen LogP contribution in [0.5, 0.6) is 0 Å². The van der Waals surface area contributed by atoms with Crippen LogP contribution in [0.2, 0.25) is 0 Å². The third-order valence-electron chi connectivity index (χ3n) is 9.25. The first-order valence-electron chi connectivity index (χ1n) is 21.8. The molecule has 0 aromatic heterocycles. The van der Waals surface area contributed by atoms with Gasteiger partial charge in [-0.3, -0.25) is 13.8 Å².